The molecule has 2 aromatic rings. The summed E-state index contributed by atoms with van der Waals surface area (Å²) >= 11 is 1.64. The summed E-state index contributed by atoms with van der Waals surface area (Å²) in [6.45, 7) is 6.28. The van der Waals surface area contributed by atoms with Crippen LogP contribution in [-0.4, -0.2) is 41.5 Å². The molecule has 0 aliphatic carbocycles. The highest BCUT2D eigenvalue weighted by Gasteiger charge is 2.33. The number of carbonyl (C=O) groups is 1. The van der Waals surface area contributed by atoms with Gasteiger partial charge in [0.05, 0.1) is 5.69 Å². The van der Waals surface area contributed by atoms with Crippen molar-refractivity contribution in [1.29, 1.82) is 0 Å². The summed E-state index contributed by atoms with van der Waals surface area (Å²) < 4.78 is 13.2. The van der Waals surface area contributed by atoms with E-state index >= 15 is 0 Å². The van der Waals surface area contributed by atoms with Gasteiger partial charge in [0.15, 0.2) is 5.13 Å². The number of amides is 1. The molecule has 128 valence electrons. The molecule has 7 heteroatoms. The average molecular weight is 348 g/mol. The van der Waals surface area contributed by atoms with Gasteiger partial charge in [-0.2, -0.15) is 0 Å². The second-order valence-corrected chi connectivity index (χ2v) is 7.00. The first-order chi connectivity index (χ1) is 11.5. The molecular weight excluding hydrogens is 327 g/mol. The van der Waals surface area contributed by atoms with Crippen LogP contribution < -0.4 is 10.6 Å². The van der Waals surface area contributed by atoms with Crippen LogP contribution in [0.1, 0.15) is 24.2 Å². The molecule has 1 aliphatic heterocycles. The molecule has 1 amide bonds. The summed E-state index contributed by atoms with van der Waals surface area (Å²) in [6, 6.07) is 5.67. The number of carbonyl (C=O) groups excluding carboxylic acids is 1. The minimum absolute atomic E-state index is 0.214. The zero-order valence-electron chi connectivity index (χ0n) is 13.8. The number of nitrogens with zero attached hydrogens (tertiary/aromatic N) is 3. The summed E-state index contributed by atoms with van der Waals surface area (Å²) in [7, 11) is 0. The lowest BCUT2D eigenvalue weighted by Crippen LogP contribution is -2.54. The Morgan fingerprint density at radius 1 is 1.38 bits per heavy atom. The van der Waals surface area contributed by atoms with E-state index in [4.69, 9.17) is 5.73 Å². The Morgan fingerprint density at radius 2 is 2.08 bits per heavy atom. The minimum atomic E-state index is -0.534. The number of halogens is 1. The first-order valence-electron chi connectivity index (χ1n) is 7.93. The number of nitrogens with two attached hydrogens (primary N) is 1. The van der Waals surface area contributed by atoms with Gasteiger partial charge in [-0.05, 0) is 31.5 Å². The Labute approximate surface area is 144 Å². The third kappa shape index (κ3) is 3.42. The molecule has 1 fully saturated rings. The summed E-state index contributed by atoms with van der Waals surface area (Å²) in [5.41, 5.74) is 7.38. The quantitative estimate of drug-likeness (QED) is 0.921. The fourth-order valence-corrected chi connectivity index (χ4v) is 4.11. The second kappa shape index (κ2) is 6.86. The number of anilines is 1. The Bertz CT molecular complexity index is 718. The lowest BCUT2D eigenvalue weighted by molar-refractivity contribution is -0.123. The van der Waals surface area contributed by atoms with E-state index in [0.29, 0.717) is 13.1 Å². The molecule has 1 aromatic carbocycles. The Hall–Kier alpha value is -1.99. The maximum absolute atomic E-state index is 13.2. The number of rotatable bonds is 4. The molecular formula is C17H21FN4OS. The summed E-state index contributed by atoms with van der Waals surface area (Å²) in [4.78, 5) is 20.9. The van der Waals surface area contributed by atoms with Crippen molar-refractivity contribution in [2.24, 2.45) is 5.73 Å². The van der Waals surface area contributed by atoms with E-state index in [9.17, 15) is 9.18 Å². The zero-order chi connectivity index (χ0) is 17.3. The molecule has 2 atom stereocenters. The lowest BCUT2D eigenvalue weighted by Gasteiger charge is -2.42. The number of aromatic nitrogens is 1. The topological polar surface area (TPSA) is 62.5 Å². The second-order valence-electron chi connectivity index (χ2n) is 6.17. The van der Waals surface area contributed by atoms with Crippen LogP contribution in [0.3, 0.4) is 0 Å². The van der Waals surface area contributed by atoms with Crippen LogP contribution >= 0.6 is 11.3 Å². The fourth-order valence-electron chi connectivity index (χ4n) is 3.18. The van der Waals surface area contributed by atoms with Gasteiger partial charge in [0.2, 0.25) is 5.91 Å². The number of hydrogen-bond donors (Lipinski definition) is 1. The van der Waals surface area contributed by atoms with Crippen molar-refractivity contribution in [3.05, 3.63) is 46.7 Å². The van der Waals surface area contributed by atoms with Crippen molar-refractivity contribution >= 4 is 22.4 Å². The first kappa shape index (κ1) is 16.9. The zero-order valence-corrected chi connectivity index (χ0v) is 14.6. The summed E-state index contributed by atoms with van der Waals surface area (Å²) in [5, 5.41) is 3.05. The van der Waals surface area contributed by atoms with Crippen molar-refractivity contribution in [2.45, 2.75) is 25.9 Å². The van der Waals surface area contributed by atoms with Gasteiger partial charge in [0, 0.05) is 31.1 Å². The van der Waals surface area contributed by atoms with Crippen molar-refractivity contribution < 1.29 is 9.18 Å². The monoisotopic (exact) mass is 348 g/mol. The molecule has 0 saturated carbocycles. The van der Waals surface area contributed by atoms with Crippen LogP contribution in [-0.2, 0) is 4.79 Å². The molecule has 5 nitrogen and oxygen atoms in total. The van der Waals surface area contributed by atoms with Gasteiger partial charge >= 0.3 is 0 Å². The highest BCUT2D eigenvalue weighted by Crippen LogP contribution is 2.28. The predicted octanol–water partition coefficient (Wildman–Crippen LogP) is 2.33. The lowest BCUT2D eigenvalue weighted by atomic mass is 10.0. The van der Waals surface area contributed by atoms with Gasteiger partial charge in [0.1, 0.15) is 11.9 Å². The van der Waals surface area contributed by atoms with Gasteiger partial charge in [0.25, 0.3) is 0 Å². The van der Waals surface area contributed by atoms with Crippen LogP contribution in [0.25, 0.3) is 0 Å². The molecule has 0 unspecified atom stereocenters. The first-order valence-corrected chi connectivity index (χ1v) is 8.81. The van der Waals surface area contributed by atoms with Crippen molar-refractivity contribution in [3.63, 3.8) is 0 Å². The molecule has 1 saturated heterocycles. The van der Waals surface area contributed by atoms with E-state index in [1.54, 1.807) is 23.5 Å². The van der Waals surface area contributed by atoms with Gasteiger partial charge in [-0.15, -0.1) is 11.3 Å². The van der Waals surface area contributed by atoms with Crippen LogP contribution in [0.15, 0.2) is 29.6 Å². The minimum Gasteiger partial charge on any atom is -0.368 e. The fraction of sp³-hybridized carbons (Fsp3) is 0.412. The number of hydrogen-bond acceptors (Lipinski definition) is 5. The molecule has 1 aliphatic rings. The maximum atomic E-state index is 13.2. The molecule has 3 rings (SSSR count). The third-order valence-corrected chi connectivity index (χ3v) is 5.33. The van der Waals surface area contributed by atoms with Crippen molar-refractivity contribution in [3.8, 4) is 0 Å². The number of primary amides is 1. The average Bonchev–Trinajstić information content (AvgIpc) is 2.95. The van der Waals surface area contributed by atoms with E-state index in [1.165, 1.54) is 12.1 Å². The van der Waals surface area contributed by atoms with Gasteiger partial charge in [-0.25, -0.2) is 9.37 Å². The van der Waals surface area contributed by atoms with E-state index in [1.807, 2.05) is 12.3 Å². The predicted molar refractivity (Wildman–Crippen MR) is 93.6 cm³/mol. The highest BCUT2D eigenvalue weighted by atomic mass is 32.1. The highest BCUT2D eigenvalue weighted by molar-refractivity contribution is 7.13. The maximum Gasteiger partial charge on any atom is 0.239 e. The molecule has 0 radical (unpaired) electrons. The van der Waals surface area contributed by atoms with Crippen LogP contribution in [0.5, 0.6) is 0 Å². The van der Waals surface area contributed by atoms with Crippen LogP contribution in [0.2, 0.25) is 0 Å². The van der Waals surface area contributed by atoms with E-state index in [2.05, 4.69) is 21.7 Å². The standard InChI is InChI=1S/C17H21FN4OS/c1-11-10-24-17(20-11)22-8-7-21(9-12(22)2)15(16(19)23)13-3-5-14(18)6-4-13/h3-6,10,12,15H,7-9H2,1-2H3,(H2,19,23)/t12-,15-/m0/s1. The van der Waals surface area contributed by atoms with Gasteiger partial charge in [-0.1, -0.05) is 12.1 Å². The molecule has 1 aromatic heterocycles. The van der Waals surface area contributed by atoms with E-state index in [0.717, 1.165) is 22.9 Å². The number of piperazine rings is 1. The Morgan fingerprint density at radius 3 is 2.62 bits per heavy atom. The molecule has 24 heavy (non-hydrogen) atoms. The smallest absolute Gasteiger partial charge is 0.239 e. The van der Waals surface area contributed by atoms with Crippen molar-refractivity contribution in [1.82, 2.24) is 9.88 Å². The normalized spacial score (nSPS) is 20.1. The summed E-state index contributed by atoms with van der Waals surface area (Å²) in [6.07, 6.45) is 0. The van der Waals surface area contributed by atoms with E-state index < -0.39 is 11.9 Å². The Kier molecular flexibility index (Phi) is 4.82. The molecule has 2 heterocycles. The van der Waals surface area contributed by atoms with Crippen LogP contribution in [0.4, 0.5) is 9.52 Å². The largest absolute Gasteiger partial charge is 0.368 e. The molecule has 0 bridgehead atoms. The van der Waals surface area contributed by atoms with E-state index in [-0.39, 0.29) is 11.9 Å². The summed E-state index contributed by atoms with van der Waals surface area (Å²) in [5.74, 6) is -0.730. The van der Waals surface area contributed by atoms with Crippen molar-refractivity contribution in [2.75, 3.05) is 24.5 Å². The van der Waals surface area contributed by atoms with Crippen LogP contribution in [0, 0.1) is 12.7 Å². The number of aryl methyl sites for hydroxylation is 1. The molecule has 2 N–H and O–H groups in total. The number of benzene rings is 1. The van der Waals surface area contributed by atoms with Gasteiger partial charge in [-0.3, -0.25) is 9.69 Å². The molecule has 0 spiro atoms. The SMILES string of the molecule is Cc1csc(N2CCN([C@H](C(N)=O)c3ccc(F)cc3)C[C@@H]2C)n1. The number of thiazole rings is 1. The van der Waals surface area contributed by atoms with Gasteiger partial charge < -0.3 is 10.6 Å². The third-order valence-electron chi connectivity index (χ3n) is 4.33. The Balaban J connectivity index is 1.77.